The Hall–Kier alpha value is -1.51. The molecule has 0 aromatic heterocycles. The van der Waals surface area contributed by atoms with Crippen molar-refractivity contribution >= 4 is 11.6 Å². The molecule has 88 valence electrons. The van der Waals surface area contributed by atoms with Crippen molar-refractivity contribution in [3.63, 3.8) is 0 Å². The third-order valence-corrected chi connectivity index (χ3v) is 2.61. The van der Waals surface area contributed by atoms with Crippen LogP contribution in [0.15, 0.2) is 48.5 Å². The van der Waals surface area contributed by atoms with Crippen molar-refractivity contribution in [2.75, 3.05) is 7.05 Å². The summed E-state index contributed by atoms with van der Waals surface area (Å²) in [4.78, 5) is 0. The fourth-order valence-corrected chi connectivity index (χ4v) is 1.64. The molecule has 0 heterocycles. The van der Waals surface area contributed by atoms with Crippen molar-refractivity contribution < 1.29 is 4.74 Å². The second-order valence-corrected chi connectivity index (χ2v) is 4.17. The highest BCUT2D eigenvalue weighted by molar-refractivity contribution is 6.30. The van der Waals surface area contributed by atoms with E-state index < -0.39 is 0 Å². The first-order valence-electron chi connectivity index (χ1n) is 5.45. The van der Waals surface area contributed by atoms with Crippen molar-refractivity contribution in [1.82, 2.24) is 5.32 Å². The van der Waals surface area contributed by atoms with E-state index in [1.807, 2.05) is 55.6 Å². The SMILES string of the molecule is CNCc1ccc(Oc2ccc(Cl)cc2)cc1. The minimum absolute atomic E-state index is 0.710. The van der Waals surface area contributed by atoms with E-state index in [1.54, 1.807) is 0 Å². The van der Waals surface area contributed by atoms with Gasteiger partial charge >= 0.3 is 0 Å². The van der Waals surface area contributed by atoms with Gasteiger partial charge in [-0.2, -0.15) is 0 Å². The predicted molar refractivity (Wildman–Crippen MR) is 70.7 cm³/mol. The van der Waals surface area contributed by atoms with E-state index in [-0.39, 0.29) is 0 Å². The molecule has 0 radical (unpaired) electrons. The molecule has 0 bridgehead atoms. The normalized spacial score (nSPS) is 10.2. The van der Waals surface area contributed by atoms with E-state index in [0.29, 0.717) is 5.02 Å². The quantitative estimate of drug-likeness (QED) is 0.886. The lowest BCUT2D eigenvalue weighted by molar-refractivity contribution is 0.482. The Labute approximate surface area is 106 Å². The molecule has 2 aromatic rings. The first-order chi connectivity index (χ1) is 8.28. The molecule has 1 N–H and O–H groups in total. The highest BCUT2D eigenvalue weighted by Gasteiger charge is 1.97. The van der Waals surface area contributed by atoms with Gasteiger partial charge in [-0.1, -0.05) is 23.7 Å². The summed E-state index contributed by atoms with van der Waals surface area (Å²) in [6, 6.07) is 15.3. The van der Waals surface area contributed by atoms with Crippen LogP contribution in [0.3, 0.4) is 0 Å². The topological polar surface area (TPSA) is 21.3 Å². The Kier molecular flexibility index (Phi) is 4.02. The Balaban J connectivity index is 2.05. The van der Waals surface area contributed by atoms with Gasteiger partial charge in [0.1, 0.15) is 11.5 Å². The number of nitrogens with one attached hydrogen (secondary N) is 1. The molecule has 0 aliphatic carbocycles. The number of hydrogen-bond donors (Lipinski definition) is 1. The zero-order valence-electron chi connectivity index (χ0n) is 9.61. The third-order valence-electron chi connectivity index (χ3n) is 2.35. The summed E-state index contributed by atoms with van der Waals surface area (Å²) in [5.74, 6) is 1.61. The van der Waals surface area contributed by atoms with Crippen LogP contribution in [-0.4, -0.2) is 7.05 Å². The molecule has 0 aliphatic rings. The van der Waals surface area contributed by atoms with Crippen LogP contribution in [0.1, 0.15) is 5.56 Å². The van der Waals surface area contributed by atoms with E-state index in [2.05, 4.69) is 5.32 Å². The average molecular weight is 248 g/mol. The van der Waals surface area contributed by atoms with Crippen LogP contribution in [0.25, 0.3) is 0 Å². The minimum atomic E-state index is 0.710. The van der Waals surface area contributed by atoms with Crippen molar-refractivity contribution in [2.45, 2.75) is 6.54 Å². The lowest BCUT2D eigenvalue weighted by Crippen LogP contribution is -2.04. The summed E-state index contributed by atoms with van der Waals surface area (Å²) in [6.07, 6.45) is 0. The summed E-state index contributed by atoms with van der Waals surface area (Å²) in [5, 5.41) is 3.81. The van der Waals surface area contributed by atoms with Gasteiger partial charge in [0, 0.05) is 11.6 Å². The maximum absolute atomic E-state index is 5.81. The van der Waals surface area contributed by atoms with Gasteiger partial charge in [-0.05, 0) is 49.0 Å². The second kappa shape index (κ2) is 5.71. The van der Waals surface area contributed by atoms with Crippen LogP contribution < -0.4 is 10.1 Å². The first kappa shape index (κ1) is 12.0. The second-order valence-electron chi connectivity index (χ2n) is 3.73. The summed E-state index contributed by atoms with van der Waals surface area (Å²) in [6.45, 7) is 0.862. The molecular formula is C14H14ClNO. The third kappa shape index (κ3) is 3.48. The zero-order chi connectivity index (χ0) is 12.1. The maximum atomic E-state index is 5.81. The summed E-state index contributed by atoms with van der Waals surface area (Å²) < 4.78 is 5.69. The monoisotopic (exact) mass is 247 g/mol. The van der Waals surface area contributed by atoms with Gasteiger partial charge in [0.25, 0.3) is 0 Å². The van der Waals surface area contributed by atoms with Crippen molar-refractivity contribution in [1.29, 1.82) is 0 Å². The molecule has 17 heavy (non-hydrogen) atoms. The standard InChI is InChI=1S/C14H14ClNO/c1-16-10-11-2-6-13(7-3-11)17-14-8-4-12(15)5-9-14/h2-9,16H,10H2,1H3. The van der Waals surface area contributed by atoms with E-state index in [4.69, 9.17) is 16.3 Å². The molecule has 2 nitrogen and oxygen atoms in total. The van der Waals surface area contributed by atoms with Crippen molar-refractivity contribution in [2.24, 2.45) is 0 Å². The molecule has 3 heteroatoms. The predicted octanol–water partition coefficient (Wildman–Crippen LogP) is 3.85. The Morgan fingerprint density at radius 1 is 0.941 bits per heavy atom. The molecule has 0 fully saturated rings. The van der Waals surface area contributed by atoms with Gasteiger partial charge in [-0.15, -0.1) is 0 Å². The Morgan fingerprint density at radius 2 is 1.47 bits per heavy atom. The summed E-state index contributed by atoms with van der Waals surface area (Å²) in [5.41, 5.74) is 1.23. The molecule has 0 atom stereocenters. The fraction of sp³-hybridized carbons (Fsp3) is 0.143. The highest BCUT2D eigenvalue weighted by Crippen LogP contribution is 2.23. The largest absolute Gasteiger partial charge is 0.457 e. The van der Waals surface area contributed by atoms with Crippen LogP contribution in [0.4, 0.5) is 0 Å². The number of hydrogen-bond acceptors (Lipinski definition) is 2. The fourth-order valence-electron chi connectivity index (χ4n) is 1.52. The molecule has 0 unspecified atom stereocenters. The van der Waals surface area contributed by atoms with E-state index in [0.717, 1.165) is 18.0 Å². The molecule has 0 saturated heterocycles. The first-order valence-corrected chi connectivity index (χ1v) is 5.83. The van der Waals surface area contributed by atoms with Gasteiger partial charge in [0.15, 0.2) is 0 Å². The van der Waals surface area contributed by atoms with Crippen LogP contribution >= 0.6 is 11.6 Å². The number of ether oxygens (including phenoxy) is 1. The molecular weight excluding hydrogens is 234 g/mol. The van der Waals surface area contributed by atoms with E-state index >= 15 is 0 Å². The molecule has 0 aliphatic heterocycles. The van der Waals surface area contributed by atoms with Crippen molar-refractivity contribution in [3.8, 4) is 11.5 Å². The minimum Gasteiger partial charge on any atom is -0.457 e. The summed E-state index contributed by atoms with van der Waals surface area (Å²) >= 11 is 5.81. The maximum Gasteiger partial charge on any atom is 0.127 e. The van der Waals surface area contributed by atoms with Crippen LogP contribution in [0, 0.1) is 0 Å². The number of rotatable bonds is 4. The molecule has 0 spiro atoms. The Morgan fingerprint density at radius 3 is 2.00 bits per heavy atom. The number of benzene rings is 2. The van der Waals surface area contributed by atoms with Crippen LogP contribution in [0.5, 0.6) is 11.5 Å². The molecule has 2 rings (SSSR count). The lowest BCUT2D eigenvalue weighted by Gasteiger charge is -2.06. The van der Waals surface area contributed by atoms with Gasteiger partial charge in [0.2, 0.25) is 0 Å². The smallest absolute Gasteiger partial charge is 0.127 e. The van der Waals surface area contributed by atoms with Crippen LogP contribution in [0.2, 0.25) is 5.02 Å². The lowest BCUT2D eigenvalue weighted by atomic mass is 10.2. The molecule has 0 saturated carbocycles. The van der Waals surface area contributed by atoms with E-state index in [1.165, 1.54) is 5.56 Å². The van der Waals surface area contributed by atoms with Gasteiger partial charge in [-0.25, -0.2) is 0 Å². The molecule has 0 amide bonds. The Bertz CT molecular complexity index is 465. The summed E-state index contributed by atoms with van der Waals surface area (Å²) in [7, 11) is 1.93. The van der Waals surface area contributed by atoms with Crippen molar-refractivity contribution in [3.05, 3.63) is 59.1 Å². The number of halogens is 1. The highest BCUT2D eigenvalue weighted by atomic mass is 35.5. The van der Waals surface area contributed by atoms with Gasteiger partial charge in [-0.3, -0.25) is 0 Å². The van der Waals surface area contributed by atoms with Gasteiger partial charge in [0.05, 0.1) is 0 Å². The average Bonchev–Trinajstić information content (AvgIpc) is 2.35. The van der Waals surface area contributed by atoms with Gasteiger partial charge < -0.3 is 10.1 Å². The molecule has 2 aromatic carbocycles. The zero-order valence-corrected chi connectivity index (χ0v) is 10.4. The van der Waals surface area contributed by atoms with E-state index in [9.17, 15) is 0 Å². The van der Waals surface area contributed by atoms with Crippen LogP contribution in [-0.2, 0) is 6.54 Å².